The van der Waals surface area contributed by atoms with E-state index in [9.17, 15) is 4.79 Å². The maximum Gasteiger partial charge on any atom is 0.262 e. The molecule has 29 heavy (non-hydrogen) atoms. The summed E-state index contributed by atoms with van der Waals surface area (Å²) in [5.74, 6) is 0.768. The van der Waals surface area contributed by atoms with E-state index in [1.54, 1.807) is 7.11 Å². The van der Waals surface area contributed by atoms with Crippen LogP contribution in [0, 0.1) is 0 Å². The van der Waals surface area contributed by atoms with Crippen molar-refractivity contribution in [1.29, 1.82) is 0 Å². The quantitative estimate of drug-likeness (QED) is 0.436. The number of hydrogen-bond acceptors (Lipinski definition) is 4. The first kappa shape index (κ1) is 21.0. The van der Waals surface area contributed by atoms with Gasteiger partial charge in [0, 0.05) is 22.9 Å². The van der Waals surface area contributed by atoms with Gasteiger partial charge >= 0.3 is 0 Å². The molecule has 150 valence electrons. The van der Waals surface area contributed by atoms with Crippen molar-refractivity contribution in [3.63, 3.8) is 0 Å². The summed E-state index contributed by atoms with van der Waals surface area (Å²) in [6.45, 7) is 0.456. The van der Waals surface area contributed by atoms with Gasteiger partial charge in [-0.1, -0.05) is 29.8 Å². The van der Waals surface area contributed by atoms with Crippen LogP contribution in [0.5, 0.6) is 11.5 Å². The standard InChI is InChI=1S/C22H20BrClN2O3/c1-28-20-12-15(13-25-17-9-7-16(24)8-10-17)11-19(23)22(20)29-14-21(27)26-18-5-3-2-4-6-18/h2-12,25H,13-14H2,1H3,(H,26,27). The molecule has 0 spiro atoms. The molecule has 0 radical (unpaired) electrons. The first-order valence-electron chi connectivity index (χ1n) is 8.88. The highest BCUT2D eigenvalue weighted by molar-refractivity contribution is 9.10. The Balaban J connectivity index is 1.63. The monoisotopic (exact) mass is 474 g/mol. The lowest BCUT2D eigenvalue weighted by molar-refractivity contribution is -0.118. The third-order valence-electron chi connectivity index (χ3n) is 4.04. The number of halogens is 2. The number of rotatable bonds is 8. The summed E-state index contributed by atoms with van der Waals surface area (Å²) in [5.41, 5.74) is 2.67. The van der Waals surface area contributed by atoms with Crippen LogP contribution in [0.15, 0.2) is 71.2 Å². The molecular formula is C22H20BrClN2O3. The molecule has 3 aromatic carbocycles. The largest absolute Gasteiger partial charge is 0.493 e. The summed E-state index contributed by atoms with van der Waals surface area (Å²) in [6, 6.07) is 20.5. The molecule has 0 unspecified atom stereocenters. The number of carbonyl (C=O) groups excluding carboxylic acids is 1. The summed E-state index contributed by atoms with van der Waals surface area (Å²) < 4.78 is 11.9. The van der Waals surface area contributed by atoms with Gasteiger partial charge in [-0.3, -0.25) is 4.79 Å². The van der Waals surface area contributed by atoms with Crippen molar-refractivity contribution in [3.05, 3.63) is 81.8 Å². The molecule has 0 heterocycles. The number of anilines is 2. The van der Waals surface area contributed by atoms with Crippen molar-refractivity contribution in [1.82, 2.24) is 0 Å². The van der Waals surface area contributed by atoms with E-state index in [4.69, 9.17) is 21.1 Å². The lowest BCUT2D eigenvalue weighted by Gasteiger charge is -2.15. The van der Waals surface area contributed by atoms with E-state index in [-0.39, 0.29) is 12.5 Å². The van der Waals surface area contributed by atoms with E-state index < -0.39 is 0 Å². The van der Waals surface area contributed by atoms with Crippen LogP contribution in [0.25, 0.3) is 0 Å². The number of para-hydroxylation sites is 1. The van der Waals surface area contributed by atoms with Gasteiger partial charge in [0.1, 0.15) is 0 Å². The van der Waals surface area contributed by atoms with Gasteiger partial charge in [0.25, 0.3) is 5.91 Å². The molecule has 0 aliphatic rings. The van der Waals surface area contributed by atoms with Crippen molar-refractivity contribution >= 4 is 44.8 Å². The second-order valence-corrected chi connectivity index (χ2v) is 7.46. The average Bonchev–Trinajstić information content (AvgIpc) is 2.73. The summed E-state index contributed by atoms with van der Waals surface area (Å²) >= 11 is 9.42. The second-order valence-electron chi connectivity index (χ2n) is 6.17. The fraction of sp³-hybridized carbons (Fsp3) is 0.136. The van der Waals surface area contributed by atoms with Gasteiger partial charge in [-0.05, 0) is 70.0 Å². The van der Waals surface area contributed by atoms with E-state index in [1.165, 1.54) is 0 Å². The highest BCUT2D eigenvalue weighted by Gasteiger charge is 2.14. The van der Waals surface area contributed by atoms with Crippen LogP contribution in [0.1, 0.15) is 5.56 Å². The number of carbonyl (C=O) groups is 1. The number of benzene rings is 3. The molecule has 3 rings (SSSR count). The first-order chi connectivity index (χ1) is 14.0. The molecule has 0 fully saturated rings. The molecule has 0 aliphatic carbocycles. The lowest BCUT2D eigenvalue weighted by atomic mass is 10.2. The second kappa shape index (κ2) is 10.2. The van der Waals surface area contributed by atoms with Gasteiger partial charge in [-0.25, -0.2) is 0 Å². The van der Waals surface area contributed by atoms with Crippen molar-refractivity contribution in [2.24, 2.45) is 0 Å². The number of methoxy groups -OCH3 is 1. The molecule has 0 bridgehead atoms. The van der Waals surface area contributed by atoms with Gasteiger partial charge in [-0.2, -0.15) is 0 Å². The highest BCUT2D eigenvalue weighted by atomic mass is 79.9. The Bertz CT molecular complexity index is 966. The molecule has 0 saturated carbocycles. The lowest BCUT2D eigenvalue weighted by Crippen LogP contribution is -2.20. The predicted molar refractivity (Wildman–Crippen MR) is 120 cm³/mol. The maximum atomic E-state index is 12.1. The Morgan fingerprint density at radius 2 is 1.76 bits per heavy atom. The van der Waals surface area contributed by atoms with Gasteiger partial charge < -0.3 is 20.1 Å². The maximum absolute atomic E-state index is 12.1. The Morgan fingerprint density at radius 3 is 2.45 bits per heavy atom. The zero-order valence-electron chi connectivity index (χ0n) is 15.7. The molecule has 3 aromatic rings. The molecule has 0 saturated heterocycles. The zero-order chi connectivity index (χ0) is 20.6. The molecule has 5 nitrogen and oxygen atoms in total. The molecular weight excluding hydrogens is 456 g/mol. The SMILES string of the molecule is COc1cc(CNc2ccc(Cl)cc2)cc(Br)c1OCC(=O)Nc1ccccc1. The molecule has 1 amide bonds. The van der Waals surface area contributed by atoms with E-state index in [2.05, 4.69) is 26.6 Å². The van der Waals surface area contributed by atoms with Crippen molar-refractivity contribution in [3.8, 4) is 11.5 Å². The number of ether oxygens (including phenoxy) is 2. The van der Waals surface area contributed by atoms with Crippen LogP contribution in [0.4, 0.5) is 11.4 Å². The van der Waals surface area contributed by atoms with Crippen molar-refractivity contribution < 1.29 is 14.3 Å². The Kier molecular flexibility index (Phi) is 7.38. The molecule has 0 aliphatic heterocycles. The topological polar surface area (TPSA) is 59.6 Å². The molecule has 7 heteroatoms. The molecule has 0 aromatic heterocycles. The van der Waals surface area contributed by atoms with E-state index in [0.29, 0.717) is 27.5 Å². The van der Waals surface area contributed by atoms with E-state index in [1.807, 2.05) is 66.7 Å². The number of hydrogen-bond donors (Lipinski definition) is 2. The number of amides is 1. The van der Waals surface area contributed by atoms with Crippen LogP contribution >= 0.6 is 27.5 Å². The third-order valence-corrected chi connectivity index (χ3v) is 4.88. The minimum absolute atomic E-state index is 0.133. The molecule has 0 atom stereocenters. The van der Waals surface area contributed by atoms with Gasteiger partial charge in [0.15, 0.2) is 18.1 Å². The summed E-state index contributed by atoms with van der Waals surface area (Å²) in [6.07, 6.45) is 0. The fourth-order valence-electron chi connectivity index (χ4n) is 2.64. The Morgan fingerprint density at radius 1 is 1.03 bits per heavy atom. The number of nitrogens with one attached hydrogen (secondary N) is 2. The molecule has 2 N–H and O–H groups in total. The minimum Gasteiger partial charge on any atom is -0.493 e. The van der Waals surface area contributed by atoms with Crippen LogP contribution in [0.2, 0.25) is 5.02 Å². The van der Waals surface area contributed by atoms with Crippen LogP contribution < -0.4 is 20.1 Å². The van der Waals surface area contributed by atoms with Crippen LogP contribution in [-0.2, 0) is 11.3 Å². The fourth-order valence-corrected chi connectivity index (χ4v) is 3.37. The van der Waals surface area contributed by atoms with E-state index >= 15 is 0 Å². The van der Waals surface area contributed by atoms with Gasteiger partial charge in [0.2, 0.25) is 0 Å². The normalized spacial score (nSPS) is 10.3. The third kappa shape index (κ3) is 6.14. The van der Waals surface area contributed by atoms with E-state index in [0.717, 1.165) is 16.9 Å². The summed E-state index contributed by atoms with van der Waals surface area (Å²) in [4.78, 5) is 12.1. The average molecular weight is 476 g/mol. The Labute approximate surface area is 183 Å². The predicted octanol–water partition coefficient (Wildman–Crippen LogP) is 5.74. The van der Waals surface area contributed by atoms with Crippen molar-refractivity contribution in [2.45, 2.75) is 6.54 Å². The zero-order valence-corrected chi connectivity index (χ0v) is 18.1. The van der Waals surface area contributed by atoms with Crippen LogP contribution in [-0.4, -0.2) is 19.6 Å². The smallest absolute Gasteiger partial charge is 0.262 e. The highest BCUT2D eigenvalue weighted by Crippen LogP contribution is 2.37. The summed E-state index contributed by atoms with van der Waals surface area (Å²) in [5, 5.41) is 6.80. The Hall–Kier alpha value is -2.70. The van der Waals surface area contributed by atoms with Crippen LogP contribution in [0.3, 0.4) is 0 Å². The van der Waals surface area contributed by atoms with Crippen molar-refractivity contribution in [2.75, 3.05) is 24.4 Å². The van der Waals surface area contributed by atoms with Gasteiger partial charge in [0.05, 0.1) is 11.6 Å². The summed E-state index contributed by atoms with van der Waals surface area (Å²) in [7, 11) is 1.56. The van der Waals surface area contributed by atoms with Gasteiger partial charge in [-0.15, -0.1) is 0 Å². The minimum atomic E-state index is -0.251. The first-order valence-corrected chi connectivity index (χ1v) is 10.1.